The van der Waals surface area contributed by atoms with Crippen LogP contribution in [0.15, 0.2) is 42.5 Å². The summed E-state index contributed by atoms with van der Waals surface area (Å²) < 4.78 is 5.15. The van der Waals surface area contributed by atoms with Gasteiger partial charge in [-0.2, -0.15) is 0 Å². The minimum Gasteiger partial charge on any atom is -0.507 e. The molecule has 0 spiro atoms. The lowest BCUT2D eigenvalue weighted by atomic mass is 10.1. The van der Waals surface area contributed by atoms with Gasteiger partial charge >= 0.3 is 6.09 Å². The zero-order valence-corrected chi connectivity index (χ0v) is 15.4. The number of amides is 2. The van der Waals surface area contributed by atoms with Crippen molar-refractivity contribution in [3.05, 3.63) is 59.2 Å². The van der Waals surface area contributed by atoms with Gasteiger partial charge in [-0.1, -0.05) is 18.2 Å². The van der Waals surface area contributed by atoms with E-state index in [4.69, 9.17) is 4.74 Å². The Morgan fingerprint density at radius 2 is 1.73 bits per heavy atom. The molecule has 3 N–H and O–H groups in total. The molecule has 0 aromatic heterocycles. The molecule has 2 aromatic rings. The molecule has 6 nitrogen and oxygen atoms in total. The van der Waals surface area contributed by atoms with Gasteiger partial charge in [0.05, 0.1) is 5.56 Å². The topological polar surface area (TPSA) is 87.7 Å². The highest BCUT2D eigenvalue weighted by atomic mass is 16.5. The molecule has 0 saturated heterocycles. The molecule has 2 amide bonds. The number of carbonyl (C=O) groups is 2. The normalized spacial score (nSPS) is 10.9. The minimum absolute atomic E-state index is 0.0580. The highest BCUT2D eigenvalue weighted by Gasteiger charge is 2.15. The highest BCUT2D eigenvalue weighted by Crippen LogP contribution is 2.20. The first kappa shape index (κ1) is 19.3. The predicted octanol–water partition coefficient (Wildman–Crippen LogP) is 3.98. The maximum atomic E-state index is 12.2. The highest BCUT2D eigenvalue weighted by molar-refractivity contribution is 6.06. The summed E-state index contributed by atoms with van der Waals surface area (Å²) in [5, 5.41) is 15.3. The zero-order chi connectivity index (χ0) is 19.3. The van der Waals surface area contributed by atoms with Gasteiger partial charge in [0.1, 0.15) is 12.4 Å². The lowest BCUT2D eigenvalue weighted by Gasteiger charge is -2.19. The molecule has 0 fully saturated rings. The van der Waals surface area contributed by atoms with E-state index in [0.29, 0.717) is 5.69 Å². The van der Waals surface area contributed by atoms with Crippen LogP contribution in [-0.4, -0.2) is 22.6 Å². The molecule has 138 valence electrons. The molecule has 0 unspecified atom stereocenters. The fourth-order valence-electron chi connectivity index (χ4n) is 2.21. The lowest BCUT2D eigenvalue weighted by Crippen LogP contribution is -2.40. The molecule has 0 bridgehead atoms. The number of ether oxygens (including phenoxy) is 1. The van der Waals surface area contributed by atoms with Crippen LogP contribution in [0.25, 0.3) is 0 Å². The Balaban J connectivity index is 1.93. The third-order valence-corrected chi connectivity index (χ3v) is 3.46. The molecule has 0 aliphatic heterocycles. The van der Waals surface area contributed by atoms with Gasteiger partial charge in [-0.3, -0.25) is 4.79 Å². The number of phenols is 1. The van der Waals surface area contributed by atoms with Crippen LogP contribution in [0.3, 0.4) is 0 Å². The molecular formula is C20H24N2O4. The van der Waals surface area contributed by atoms with Gasteiger partial charge in [0.25, 0.3) is 5.91 Å². The Hall–Kier alpha value is -3.02. The summed E-state index contributed by atoms with van der Waals surface area (Å²) in [6.07, 6.45) is -0.482. The number of phenolic OH excluding ortho intramolecular Hbond substituents is 1. The molecular weight excluding hydrogens is 332 g/mol. The molecule has 26 heavy (non-hydrogen) atoms. The van der Waals surface area contributed by atoms with E-state index < -0.39 is 12.0 Å². The van der Waals surface area contributed by atoms with Crippen LogP contribution < -0.4 is 10.6 Å². The molecule has 2 aromatic carbocycles. The summed E-state index contributed by atoms with van der Waals surface area (Å²) in [5.74, 6) is -0.451. The minimum atomic E-state index is -0.482. The van der Waals surface area contributed by atoms with E-state index in [-0.39, 0.29) is 23.5 Å². The number of carbonyl (C=O) groups excluding carboxylic acids is 2. The summed E-state index contributed by atoms with van der Waals surface area (Å²) in [4.78, 5) is 23.9. The number of anilines is 1. The molecule has 0 radical (unpaired) electrons. The predicted molar refractivity (Wildman–Crippen MR) is 100 cm³/mol. The number of rotatable bonds is 4. The average molecular weight is 356 g/mol. The number of alkyl carbamates (subject to hydrolysis) is 1. The second-order valence-electron chi connectivity index (χ2n) is 7.12. The number of hydrogen-bond donors (Lipinski definition) is 3. The largest absolute Gasteiger partial charge is 0.507 e. The van der Waals surface area contributed by atoms with Gasteiger partial charge < -0.3 is 20.5 Å². The molecule has 0 atom stereocenters. The van der Waals surface area contributed by atoms with Gasteiger partial charge in [0.15, 0.2) is 0 Å². The first-order valence-corrected chi connectivity index (χ1v) is 8.29. The number of benzene rings is 2. The summed E-state index contributed by atoms with van der Waals surface area (Å²) in [7, 11) is 0. The quantitative estimate of drug-likeness (QED) is 0.773. The van der Waals surface area contributed by atoms with Crippen molar-refractivity contribution < 1.29 is 19.4 Å². The van der Waals surface area contributed by atoms with Gasteiger partial charge in [0.2, 0.25) is 0 Å². The van der Waals surface area contributed by atoms with E-state index >= 15 is 0 Å². The molecule has 0 aliphatic rings. The summed E-state index contributed by atoms with van der Waals surface area (Å²) >= 11 is 0. The van der Waals surface area contributed by atoms with E-state index in [0.717, 1.165) is 11.1 Å². The molecule has 0 heterocycles. The second-order valence-corrected chi connectivity index (χ2v) is 7.12. The SMILES string of the molecule is Cc1ccc(C(=O)Nc2ccc(COC(=O)NC(C)(C)C)cc2)c(O)c1. The van der Waals surface area contributed by atoms with Crippen LogP contribution in [0.5, 0.6) is 5.75 Å². The van der Waals surface area contributed by atoms with E-state index in [9.17, 15) is 14.7 Å². The smallest absolute Gasteiger partial charge is 0.407 e. The monoisotopic (exact) mass is 356 g/mol. The van der Waals surface area contributed by atoms with Crippen molar-refractivity contribution in [1.29, 1.82) is 0 Å². The van der Waals surface area contributed by atoms with Crippen molar-refractivity contribution in [3.63, 3.8) is 0 Å². The third-order valence-electron chi connectivity index (χ3n) is 3.46. The zero-order valence-electron chi connectivity index (χ0n) is 15.4. The van der Waals surface area contributed by atoms with Crippen molar-refractivity contribution in [3.8, 4) is 5.75 Å². The van der Waals surface area contributed by atoms with E-state index in [1.807, 2.05) is 27.7 Å². The van der Waals surface area contributed by atoms with Crippen molar-refractivity contribution >= 4 is 17.7 Å². The Labute approximate surface area is 153 Å². The maximum Gasteiger partial charge on any atom is 0.407 e. The van der Waals surface area contributed by atoms with Gasteiger partial charge in [-0.15, -0.1) is 0 Å². The van der Waals surface area contributed by atoms with Crippen molar-refractivity contribution in [1.82, 2.24) is 5.32 Å². The van der Waals surface area contributed by atoms with Crippen LogP contribution in [-0.2, 0) is 11.3 Å². The van der Waals surface area contributed by atoms with Gasteiger partial charge in [0, 0.05) is 11.2 Å². The second kappa shape index (κ2) is 7.91. The standard InChI is InChI=1S/C20H24N2O4/c1-13-5-10-16(17(23)11-13)18(24)21-15-8-6-14(7-9-15)12-26-19(25)22-20(2,3)4/h5-11,23H,12H2,1-4H3,(H,21,24)(H,22,25). The van der Waals surface area contributed by atoms with Crippen molar-refractivity contribution in [2.75, 3.05) is 5.32 Å². The Bertz CT molecular complexity index is 792. The fourth-order valence-corrected chi connectivity index (χ4v) is 2.21. The van der Waals surface area contributed by atoms with Gasteiger partial charge in [-0.05, 0) is 63.1 Å². The van der Waals surface area contributed by atoms with Crippen molar-refractivity contribution in [2.45, 2.75) is 39.8 Å². The molecule has 0 saturated carbocycles. The summed E-state index contributed by atoms with van der Waals surface area (Å²) in [6.45, 7) is 7.59. The fraction of sp³-hybridized carbons (Fsp3) is 0.300. The Morgan fingerprint density at radius 1 is 1.08 bits per heavy atom. The number of aromatic hydroxyl groups is 1. The lowest BCUT2D eigenvalue weighted by molar-refractivity contribution is 0.102. The first-order valence-electron chi connectivity index (χ1n) is 8.29. The van der Waals surface area contributed by atoms with Crippen LogP contribution in [0, 0.1) is 6.92 Å². The Kier molecular flexibility index (Phi) is 5.87. The third kappa shape index (κ3) is 5.81. The van der Waals surface area contributed by atoms with Crippen LogP contribution in [0.2, 0.25) is 0 Å². The van der Waals surface area contributed by atoms with Crippen LogP contribution >= 0.6 is 0 Å². The average Bonchev–Trinajstić information content (AvgIpc) is 2.52. The maximum absolute atomic E-state index is 12.2. The van der Waals surface area contributed by atoms with Crippen molar-refractivity contribution in [2.24, 2.45) is 0 Å². The summed E-state index contributed by atoms with van der Waals surface area (Å²) in [5.41, 5.74) is 2.11. The van der Waals surface area contributed by atoms with E-state index in [1.165, 1.54) is 6.07 Å². The number of hydrogen-bond acceptors (Lipinski definition) is 4. The van der Waals surface area contributed by atoms with Crippen LogP contribution in [0.4, 0.5) is 10.5 Å². The van der Waals surface area contributed by atoms with E-state index in [2.05, 4.69) is 10.6 Å². The van der Waals surface area contributed by atoms with Gasteiger partial charge in [-0.25, -0.2) is 4.79 Å². The Morgan fingerprint density at radius 3 is 2.31 bits per heavy atom. The molecule has 2 rings (SSSR count). The molecule has 6 heteroatoms. The van der Waals surface area contributed by atoms with E-state index in [1.54, 1.807) is 36.4 Å². The number of aryl methyl sites for hydroxylation is 1. The number of nitrogens with one attached hydrogen (secondary N) is 2. The first-order chi connectivity index (χ1) is 12.1. The summed E-state index contributed by atoms with van der Waals surface area (Å²) in [6, 6.07) is 11.8. The van der Waals surface area contributed by atoms with Crippen LogP contribution in [0.1, 0.15) is 42.3 Å². The molecule has 0 aliphatic carbocycles.